The van der Waals surface area contributed by atoms with Gasteiger partial charge in [0.1, 0.15) is 5.75 Å². The number of esters is 1. The molecule has 0 fully saturated rings. The number of rotatable bonds is 10. The van der Waals surface area contributed by atoms with Crippen molar-refractivity contribution in [3.8, 4) is 5.75 Å². The zero-order valence-corrected chi connectivity index (χ0v) is 25.6. The van der Waals surface area contributed by atoms with Gasteiger partial charge in [-0.3, -0.25) is 4.79 Å². The Bertz CT molecular complexity index is 1570. The van der Waals surface area contributed by atoms with Crippen LogP contribution >= 0.6 is 11.6 Å². The highest BCUT2D eigenvalue weighted by Gasteiger charge is 2.20. The Hall–Kier alpha value is -3.77. The van der Waals surface area contributed by atoms with Gasteiger partial charge < -0.3 is 19.4 Å². The average molecular weight is 575 g/mol. The third kappa shape index (κ3) is 6.59. The zero-order valence-electron chi connectivity index (χ0n) is 24.9. The average Bonchev–Trinajstić information content (AvgIpc) is 3.21. The Kier molecular flexibility index (Phi) is 9.44. The van der Waals surface area contributed by atoms with Crippen LogP contribution in [0.3, 0.4) is 0 Å². The number of aromatic nitrogens is 1. The van der Waals surface area contributed by atoms with Gasteiger partial charge in [0.2, 0.25) is 0 Å². The number of carbonyl (C=O) groups is 2. The SMILES string of the molecule is CC[C@H](Oc1ccc(Cl)c(Cn2c(C)c(C)c3cc(C(=O)N[C@@H](C)c4cccc(C(C)C)c4)ccc32)c1)C(=O)OC. The van der Waals surface area contributed by atoms with Gasteiger partial charge in [0.25, 0.3) is 5.91 Å². The molecule has 41 heavy (non-hydrogen) atoms. The maximum Gasteiger partial charge on any atom is 0.347 e. The maximum absolute atomic E-state index is 13.3. The van der Waals surface area contributed by atoms with E-state index in [4.69, 9.17) is 21.1 Å². The van der Waals surface area contributed by atoms with Gasteiger partial charge in [-0.1, -0.05) is 56.6 Å². The highest BCUT2D eigenvalue weighted by Crippen LogP contribution is 2.31. The van der Waals surface area contributed by atoms with Gasteiger partial charge in [0.05, 0.1) is 13.2 Å². The number of amides is 1. The molecule has 0 bridgehead atoms. The number of benzene rings is 3. The maximum atomic E-state index is 13.3. The van der Waals surface area contributed by atoms with Crippen LogP contribution in [0.1, 0.15) is 84.4 Å². The monoisotopic (exact) mass is 574 g/mol. The molecular formula is C34H39ClN2O4. The first-order valence-electron chi connectivity index (χ1n) is 14.1. The summed E-state index contributed by atoms with van der Waals surface area (Å²) < 4.78 is 13.0. The van der Waals surface area contributed by atoms with Crippen molar-refractivity contribution in [2.45, 2.75) is 72.6 Å². The Balaban J connectivity index is 1.58. The second-order valence-corrected chi connectivity index (χ2v) is 11.2. The van der Waals surface area contributed by atoms with Crippen molar-refractivity contribution in [3.63, 3.8) is 0 Å². The van der Waals surface area contributed by atoms with E-state index in [0.717, 1.165) is 33.3 Å². The summed E-state index contributed by atoms with van der Waals surface area (Å²) in [5.41, 5.74) is 7.02. The van der Waals surface area contributed by atoms with E-state index in [1.807, 2.05) is 44.2 Å². The second kappa shape index (κ2) is 12.8. The lowest BCUT2D eigenvalue weighted by atomic mass is 9.98. The molecule has 0 saturated heterocycles. The molecule has 1 heterocycles. The number of methoxy groups -OCH3 is 1. The first-order chi connectivity index (χ1) is 19.5. The van der Waals surface area contributed by atoms with Crippen LogP contribution in [0.25, 0.3) is 10.9 Å². The smallest absolute Gasteiger partial charge is 0.347 e. The van der Waals surface area contributed by atoms with Crippen molar-refractivity contribution in [3.05, 3.63) is 99.2 Å². The van der Waals surface area contributed by atoms with Crippen molar-refractivity contribution in [1.82, 2.24) is 9.88 Å². The van der Waals surface area contributed by atoms with Gasteiger partial charge in [0.15, 0.2) is 6.10 Å². The van der Waals surface area contributed by atoms with Crippen LogP contribution < -0.4 is 10.1 Å². The minimum atomic E-state index is -0.683. The molecule has 0 saturated carbocycles. The highest BCUT2D eigenvalue weighted by atomic mass is 35.5. The minimum absolute atomic E-state index is 0.108. The first-order valence-corrected chi connectivity index (χ1v) is 14.4. The Labute approximate surface area is 247 Å². The van der Waals surface area contributed by atoms with Crippen LogP contribution in [-0.2, 0) is 16.1 Å². The molecule has 1 N–H and O–H groups in total. The largest absolute Gasteiger partial charge is 0.479 e. The second-order valence-electron chi connectivity index (χ2n) is 10.8. The van der Waals surface area contributed by atoms with E-state index in [0.29, 0.717) is 35.2 Å². The Morgan fingerprint density at radius 3 is 2.39 bits per heavy atom. The molecule has 0 radical (unpaired) electrons. The molecule has 0 aliphatic heterocycles. The van der Waals surface area contributed by atoms with E-state index < -0.39 is 12.1 Å². The molecule has 3 aromatic carbocycles. The molecular weight excluding hydrogens is 536 g/mol. The van der Waals surface area contributed by atoms with Crippen molar-refractivity contribution < 1.29 is 19.1 Å². The summed E-state index contributed by atoms with van der Waals surface area (Å²) in [4.78, 5) is 25.3. The Morgan fingerprint density at radius 2 is 1.71 bits per heavy atom. The topological polar surface area (TPSA) is 69.6 Å². The quantitative estimate of drug-likeness (QED) is 0.195. The van der Waals surface area contributed by atoms with Gasteiger partial charge in [-0.2, -0.15) is 0 Å². The van der Waals surface area contributed by atoms with Crippen LogP contribution in [0.15, 0.2) is 60.7 Å². The van der Waals surface area contributed by atoms with Crippen molar-refractivity contribution in [2.75, 3.05) is 7.11 Å². The standard InChI is InChI=1S/C34H39ClN2O4/c1-8-32(34(39)40-7)41-28-13-14-30(35)27(17-28)19-37-23(6)21(4)29-18-26(12-15-31(29)37)33(38)36-22(5)25-11-9-10-24(16-25)20(2)3/h9-18,20,22,32H,8,19H2,1-7H3,(H,36,38)/t22-,32-/m0/s1. The molecule has 6 nitrogen and oxygen atoms in total. The summed E-state index contributed by atoms with van der Waals surface area (Å²) in [5, 5.41) is 4.78. The molecule has 1 aromatic heterocycles. The lowest BCUT2D eigenvalue weighted by Gasteiger charge is -2.17. The fourth-order valence-electron chi connectivity index (χ4n) is 5.06. The number of nitrogens with one attached hydrogen (secondary N) is 1. The van der Waals surface area contributed by atoms with Gasteiger partial charge in [-0.05, 0) is 91.8 Å². The summed E-state index contributed by atoms with van der Waals surface area (Å²) in [7, 11) is 1.35. The van der Waals surface area contributed by atoms with E-state index in [2.05, 4.69) is 55.8 Å². The third-order valence-electron chi connectivity index (χ3n) is 7.78. The predicted octanol–water partition coefficient (Wildman–Crippen LogP) is 7.90. The zero-order chi connectivity index (χ0) is 29.8. The van der Waals surface area contributed by atoms with Gasteiger partial charge in [-0.25, -0.2) is 4.79 Å². The van der Waals surface area contributed by atoms with Crippen LogP contribution in [0.2, 0.25) is 5.02 Å². The van der Waals surface area contributed by atoms with E-state index in [1.165, 1.54) is 12.7 Å². The summed E-state index contributed by atoms with van der Waals surface area (Å²) in [6.45, 7) is 12.9. The van der Waals surface area contributed by atoms with Crippen molar-refractivity contribution in [1.29, 1.82) is 0 Å². The fourth-order valence-corrected chi connectivity index (χ4v) is 5.23. The van der Waals surface area contributed by atoms with Crippen molar-refractivity contribution >= 4 is 34.4 Å². The molecule has 0 spiro atoms. The van der Waals surface area contributed by atoms with Crippen LogP contribution in [-0.4, -0.2) is 29.7 Å². The Morgan fingerprint density at radius 1 is 0.976 bits per heavy atom. The summed E-state index contributed by atoms with van der Waals surface area (Å²) in [6.07, 6.45) is -0.193. The van der Waals surface area contributed by atoms with E-state index in [9.17, 15) is 9.59 Å². The number of nitrogens with zero attached hydrogens (tertiary/aromatic N) is 1. The molecule has 0 aliphatic carbocycles. The normalized spacial score (nSPS) is 12.8. The lowest BCUT2D eigenvalue weighted by molar-refractivity contribution is -0.148. The summed E-state index contributed by atoms with van der Waals surface area (Å²) in [6, 6.07) is 19.5. The van der Waals surface area contributed by atoms with Crippen LogP contribution in [0, 0.1) is 13.8 Å². The van der Waals surface area contributed by atoms with Gasteiger partial charge >= 0.3 is 5.97 Å². The third-order valence-corrected chi connectivity index (χ3v) is 8.15. The number of hydrogen-bond donors (Lipinski definition) is 1. The number of hydrogen-bond acceptors (Lipinski definition) is 4. The van der Waals surface area contributed by atoms with Crippen LogP contribution in [0.4, 0.5) is 0 Å². The number of fused-ring (bicyclic) bond motifs is 1. The fraction of sp³-hybridized carbons (Fsp3) is 0.353. The van der Waals surface area contributed by atoms with E-state index >= 15 is 0 Å². The molecule has 216 valence electrons. The highest BCUT2D eigenvalue weighted by molar-refractivity contribution is 6.31. The number of carbonyl (C=O) groups excluding carboxylic acids is 2. The van der Waals surface area contributed by atoms with Gasteiger partial charge in [-0.15, -0.1) is 0 Å². The minimum Gasteiger partial charge on any atom is -0.479 e. The molecule has 0 unspecified atom stereocenters. The number of halogens is 1. The first kappa shape index (κ1) is 30.2. The predicted molar refractivity (Wildman–Crippen MR) is 165 cm³/mol. The number of aryl methyl sites for hydroxylation is 1. The number of ether oxygens (including phenoxy) is 2. The van der Waals surface area contributed by atoms with Crippen molar-refractivity contribution in [2.24, 2.45) is 0 Å². The summed E-state index contributed by atoms with van der Waals surface area (Å²) in [5.74, 6) is 0.460. The molecule has 4 rings (SSSR count). The molecule has 2 atom stereocenters. The summed E-state index contributed by atoms with van der Waals surface area (Å²) >= 11 is 6.60. The molecule has 7 heteroatoms. The van der Waals surface area contributed by atoms with E-state index in [1.54, 1.807) is 12.1 Å². The lowest BCUT2D eigenvalue weighted by Crippen LogP contribution is -2.27. The van der Waals surface area contributed by atoms with Crippen LogP contribution in [0.5, 0.6) is 5.75 Å². The van der Waals surface area contributed by atoms with E-state index in [-0.39, 0.29) is 11.9 Å². The van der Waals surface area contributed by atoms with Gasteiger partial charge in [0, 0.05) is 33.7 Å². The molecule has 1 amide bonds. The molecule has 0 aliphatic rings. The molecule has 4 aromatic rings.